The van der Waals surface area contributed by atoms with E-state index in [0.29, 0.717) is 168 Å². The summed E-state index contributed by atoms with van der Waals surface area (Å²) in [5.41, 5.74) is 5.52. The van der Waals surface area contributed by atoms with Crippen molar-refractivity contribution in [2.45, 2.75) is 152 Å². The topological polar surface area (TPSA) is 331 Å². The van der Waals surface area contributed by atoms with Gasteiger partial charge in [0, 0.05) is 207 Å². The number of rotatable bonds is 28. The van der Waals surface area contributed by atoms with Gasteiger partial charge in [-0.1, -0.05) is 117 Å². The predicted molar refractivity (Wildman–Crippen MR) is 551 cm³/mol. The molecule has 4 unspecified atom stereocenters. The molecule has 38 heteroatoms. The van der Waals surface area contributed by atoms with Gasteiger partial charge < -0.3 is 62.1 Å². The number of anilines is 4. The number of benzene rings is 6. The van der Waals surface area contributed by atoms with Crippen LogP contribution >= 0.6 is 34.8 Å². The molecule has 0 saturated carbocycles. The fourth-order valence-corrected chi connectivity index (χ4v) is 25.9. The SMILES string of the molecule is Cc1noc(/C=C/C(=O)N2CC(CN(C)c3nc(OCC45CCCN4C(c4cc(Cl)c6c(-c7ncc8c(N(C)[C@@H]9CCN(C(=O)/C=C/c%10nc(C)no%10)C9)nc(OCC9%10CCCN9CCC%10)nc8c7F)cccc6c4)CC5)nc4c3CCN(c3ccc(C5CCC6(COc7nc(N(C)CC8CN(C(=O)/C=C/c9nc(C)no9)C8)c8cnc(-c9cccc%10cccc(Cl)c9%10)c(F)c8n7)CCCN56)c5cccc(Cl)c35)C4)C2)n1. The first-order valence-corrected chi connectivity index (χ1v) is 51.7. The highest BCUT2D eigenvalue weighted by molar-refractivity contribution is 6.38. The largest absolute Gasteiger partial charge is 0.461 e. The zero-order valence-corrected chi connectivity index (χ0v) is 84.2. The van der Waals surface area contributed by atoms with Crippen LogP contribution < -0.4 is 33.8 Å². The molecule has 3 amide bonds. The molecular formula is C108H109Cl3F2N24O9. The third-order valence-electron chi connectivity index (χ3n) is 32.2. The fourth-order valence-electron chi connectivity index (χ4n) is 25.0. The van der Waals surface area contributed by atoms with E-state index in [-0.39, 0.29) is 123 Å². The molecule has 750 valence electrons. The maximum Gasteiger partial charge on any atom is 0.319 e. The van der Waals surface area contributed by atoms with Crippen LogP contribution in [0.2, 0.25) is 15.1 Å². The van der Waals surface area contributed by atoms with E-state index in [2.05, 4.69) is 86.2 Å². The molecule has 9 fully saturated rings. The van der Waals surface area contributed by atoms with Gasteiger partial charge in [-0.2, -0.15) is 44.9 Å². The highest BCUT2D eigenvalue weighted by Gasteiger charge is 2.54. The second-order valence-electron chi connectivity index (χ2n) is 41.1. The average Bonchev–Trinajstić information content (AvgIpc) is 1.50. The van der Waals surface area contributed by atoms with Gasteiger partial charge in [0.15, 0.2) is 29.1 Å². The van der Waals surface area contributed by atoms with Crippen LogP contribution in [0.3, 0.4) is 0 Å². The number of pyridine rings is 2. The van der Waals surface area contributed by atoms with Crippen LogP contribution in [0.25, 0.3) is 94.9 Å². The quantitative estimate of drug-likeness (QED) is 0.0411. The summed E-state index contributed by atoms with van der Waals surface area (Å²) in [6.45, 7) is 14.9. The third-order valence-corrected chi connectivity index (χ3v) is 33.1. The van der Waals surface area contributed by atoms with E-state index in [4.69, 9.17) is 102 Å². The first kappa shape index (κ1) is 94.7. The number of amides is 3. The Morgan fingerprint density at radius 2 is 0.973 bits per heavy atom. The minimum absolute atomic E-state index is 0.00769. The number of likely N-dealkylation sites (tertiary alicyclic amines) is 3. The summed E-state index contributed by atoms with van der Waals surface area (Å²) in [4.78, 5) is 115. The number of aryl methyl sites for hydroxylation is 3. The highest BCUT2D eigenvalue weighted by atomic mass is 35.5. The zero-order valence-electron chi connectivity index (χ0n) is 82.0. The average molecular weight is 2030 g/mol. The number of carbonyl (C=O) groups excluding carboxylic acids is 3. The van der Waals surface area contributed by atoms with E-state index in [9.17, 15) is 14.4 Å². The first-order valence-electron chi connectivity index (χ1n) is 50.5. The number of halogens is 5. The van der Waals surface area contributed by atoms with Crippen LogP contribution in [0.5, 0.6) is 18.0 Å². The maximum absolute atomic E-state index is 18.2. The van der Waals surface area contributed by atoms with E-state index < -0.39 is 17.2 Å². The molecule has 0 aliphatic carbocycles. The van der Waals surface area contributed by atoms with Crippen molar-refractivity contribution >= 4 is 148 Å². The minimum atomic E-state index is -0.630. The van der Waals surface area contributed by atoms with Crippen molar-refractivity contribution in [3.05, 3.63) is 212 Å². The second-order valence-corrected chi connectivity index (χ2v) is 42.4. The van der Waals surface area contributed by atoms with Crippen molar-refractivity contribution in [2.75, 3.05) is 146 Å². The Labute approximate surface area is 855 Å². The summed E-state index contributed by atoms with van der Waals surface area (Å²) >= 11 is 22.1. The Kier molecular flexibility index (Phi) is 24.9. The van der Waals surface area contributed by atoms with Gasteiger partial charge in [-0.25, -0.2) is 8.78 Å². The smallest absolute Gasteiger partial charge is 0.319 e. The molecule has 146 heavy (non-hydrogen) atoms. The Morgan fingerprint density at radius 1 is 0.479 bits per heavy atom. The van der Waals surface area contributed by atoms with Gasteiger partial charge in [0.05, 0.1) is 44.7 Å². The van der Waals surface area contributed by atoms with Crippen molar-refractivity contribution in [1.82, 2.24) is 99.7 Å². The normalized spacial score (nSPS) is 21.2. The van der Waals surface area contributed by atoms with Crippen LogP contribution in [0, 0.1) is 44.2 Å². The van der Waals surface area contributed by atoms with Gasteiger partial charge in [-0.15, -0.1) is 0 Å². The van der Waals surface area contributed by atoms with E-state index in [1.165, 1.54) is 30.4 Å². The van der Waals surface area contributed by atoms with Gasteiger partial charge in [0.25, 0.3) is 17.7 Å². The molecule has 10 aliphatic rings. The molecule has 10 aliphatic heterocycles. The van der Waals surface area contributed by atoms with Gasteiger partial charge in [-0.3, -0.25) is 39.1 Å². The summed E-state index contributed by atoms with van der Waals surface area (Å²) in [6.07, 6.45) is 24.6. The van der Waals surface area contributed by atoms with Crippen molar-refractivity contribution in [3.63, 3.8) is 0 Å². The van der Waals surface area contributed by atoms with Crippen LogP contribution in [-0.2, 0) is 27.3 Å². The van der Waals surface area contributed by atoms with Crippen LogP contribution in [0.15, 0.2) is 141 Å². The molecule has 8 aromatic heterocycles. The summed E-state index contributed by atoms with van der Waals surface area (Å²) < 4.78 is 72.5. The molecule has 9 saturated heterocycles. The molecular weight excluding hydrogens is 1920 g/mol. The number of fused-ring (bicyclic) bond motifs is 9. The lowest BCUT2D eigenvalue weighted by molar-refractivity contribution is -0.132. The van der Waals surface area contributed by atoms with Gasteiger partial charge >= 0.3 is 18.0 Å². The summed E-state index contributed by atoms with van der Waals surface area (Å²) in [5, 5.41) is 18.9. The molecule has 14 aromatic rings. The summed E-state index contributed by atoms with van der Waals surface area (Å²) in [6, 6.07) is 32.2. The molecule has 0 N–H and O–H groups in total. The third kappa shape index (κ3) is 17.5. The van der Waals surface area contributed by atoms with Crippen molar-refractivity contribution in [1.29, 1.82) is 0 Å². The number of nitrogens with zero attached hydrogens (tertiary/aromatic N) is 24. The van der Waals surface area contributed by atoms with E-state index in [1.807, 2.05) is 95.5 Å². The monoisotopic (exact) mass is 2030 g/mol. The number of ether oxygens (including phenoxy) is 3. The molecule has 24 rings (SSSR count). The molecule has 0 radical (unpaired) electrons. The fraction of sp³-hybridized carbons (Fsp3) is 0.417. The second kappa shape index (κ2) is 38.4. The lowest BCUT2D eigenvalue weighted by Crippen LogP contribution is -2.53. The van der Waals surface area contributed by atoms with Crippen molar-refractivity contribution in [2.24, 2.45) is 11.8 Å². The Balaban J connectivity index is 0.494. The van der Waals surface area contributed by atoms with E-state index >= 15 is 8.78 Å². The van der Waals surface area contributed by atoms with Crippen molar-refractivity contribution < 1.29 is 50.9 Å². The molecule has 0 bridgehead atoms. The number of likely N-dealkylation sites (N-methyl/N-ethyl adjacent to an activating group) is 1. The maximum atomic E-state index is 18.2. The summed E-state index contributed by atoms with van der Waals surface area (Å²) in [5.74, 6) is 2.32. The van der Waals surface area contributed by atoms with Crippen LogP contribution in [0.4, 0.5) is 31.9 Å². The van der Waals surface area contributed by atoms with E-state index in [1.54, 1.807) is 55.1 Å². The summed E-state index contributed by atoms with van der Waals surface area (Å²) in [7, 11) is 5.90. The minimum Gasteiger partial charge on any atom is -0.461 e. The molecule has 5 atom stereocenters. The Morgan fingerprint density at radius 3 is 1.56 bits per heavy atom. The molecule has 18 heterocycles. The predicted octanol–water partition coefficient (Wildman–Crippen LogP) is 17.3. The van der Waals surface area contributed by atoms with E-state index in [0.717, 1.165) is 159 Å². The molecule has 33 nitrogen and oxygen atoms in total. The highest BCUT2D eigenvalue weighted by Crippen LogP contribution is 2.55. The zero-order chi connectivity index (χ0) is 99.7. The van der Waals surface area contributed by atoms with Crippen LogP contribution in [0.1, 0.15) is 153 Å². The lowest BCUT2D eigenvalue weighted by Gasteiger charge is -2.41. The standard InChI is InChI=1S/C108H109Cl3F2N24O9/c1-62-116-85(144-125-62)25-28-88(138)132-45-33-70(57-132)130(6)102-77-50-115-97(95(113)99(77)121-105(124-102)141-59-106-35-11-41-135(106)42-12-36-106)75-20-8-17-68-47-69(48-80(111)92(68)75)82-31-39-107(37-13-43-136(82)107)60-142-103-119-81-58-131(46-34-73(81)100(122-103)128(4)51-65-53-133(54-65)89(139)29-26-86-117-63(2)126-145-86)84-24-23-71(72-18-10-22-79(110)93(72)84)83-32-40-108(38-14-44-137(83)108)61-143-104-120-98-76(49-114-96(94(98)112)74-19-7-15-67-16-9-21-78(109)91(67)74)101(123-104)129(5)52-66-55-134(56-66)90(140)30-27-87-118-64(3)127-146-87/h7-10,15-30,47-50,65-66,70,82-83H,11-14,31-46,51-61H2,1-6H3/b28-25+,29-26+,30-27+/t70-,82?,83?,107?,108?/m1/s1. The number of carbonyl (C=O) groups is 3. The van der Waals surface area contributed by atoms with Crippen molar-refractivity contribution in [3.8, 4) is 40.5 Å². The van der Waals surface area contributed by atoms with Gasteiger partial charge in [0.1, 0.15) is 59.7 Å². The number of hydrogen-bond donors (Lipinski definition) is 0. The van der Waals surface area contributed by atoms with Crippen LogP contribution in [-0.4, -0.2) is 266 Å². The van der Waals surface area contributed by atoms with Gasteiger partial charge in [0.2, 0.25) is 17.7 Å². The first-order chi connectivity index (χ1) is 70.9. The van der Waals surface area contributed by atoms with Gasteiger partial charge in [-0.05, 0) is 194 Å². The molecule has 6 aromatic carbocycles. The Hall–Kier alpha value is -13.6. The number of hydrogen-bond acceptors (Lipinski definition) is 30. The Bertz CT molecular complexity index is 7630. The number of aromatic nitrogens is 14. The molecule has 0 spiro atoms. The lowest BCUT2D eigenvalue weighted by atomic mass is 9.93.